The Balaban J connectivity index is 0.000000637. The Morgan fingerprint density at radius 2 is 1.61 bits per heavy atom. The number of nitrogens with zero attached hydrogens (tertiary/aromatic N) is 5. The molecule has 1 fully saturated rings. The van der Waals surface area contributed by atoms with Gasteiger partial charge in [0.05, 0.1) is 34.1 Å². The first-order chi connectivity index (χ1) is 21.5. The van der Waals surface area contributed by atoms with E-state index in [9.17, 15) is 4.79 Å². The summed E-state index contributed by atoms with van der Waals surface area (Å²) in [6.45, 7) is 8.92. The monoisotopic (exact) mass is 585 g/mol. The van der Waals surface area contributed by atoms with Crippen molar-refractivity contribution in [3.8, 4) is 22.5 Å². The van der Waals surface area contributed by atoms with Crippen LogP contribution >= 0.6 is 0 Å². The first-order valence-corrected chi connectivity index (χ1v) is 15.4. The summed E-state index contributed by atoms with van der Waals surface area (Å²) in [5.41, 5.74) is 8.65. The zero-order valence-electron chi connectivity index (χ0n) is 25.6. The Hall–Kier alpha value is -4.82. The molecule has 0 radical (unpaired) electrons. The van der Waals surface area contributed by atoms with Gasteiger partial charge in [0, 0.05) is 54.1 Å². The molecule has 2 N–H and O–H groups in total. The molecule has 0 amide bonds. The molecule has 0 saturated carbocycles. The van der Waals surface area contributed by atoms with Crippen molar-refractivity contribution < 1.29 is 0 Å². The van der Waals surface area contributed by atoms with Crippen LogP contribution in [0.15, 0.2) is 96.1 Å². The van der Waals surface area contributed by atoms with Crippen LogP contribution in [0.3, 0.4) is 0 Å². The molecule has 0 bridgehead atoms. The Bertz CT molecular complexity index is 1930. The summed E-state index contributed by atoms with van der Waals surface area (Å²) < 4.78 is 1.87. The fraction of sp³-hybridized carbons (Fsp3) is 0.278. The average Bonchev–Trinajstić information content (AvgIpc) is 3.65. The minimum atomic E-state index is 0.00221. The van der Waals surface area contributed by atoms with E-state index in [-0.39, 0.29) is 11.7 Å². The van der Waals surface area contributed by atoms with Gasteiger partial charge in [-0.2, -0.15) is 5.10 Å². The van der Waals surface area contributed by atoms with Crippen LogP contribution in [0.2, 0.25) is 0 Å². The number of likely N-dealkylation sites (tertiary alicyclic amines) is 1. The third-order valence-electron chi connectivity index (χ3n) is 8.20. The number of H-pyrrole nitrogens is 2. The Morgan fingerprint density at radius 1 is 0.932 bits per heavy atom. The molecule has 8 heteroatoms. The fourth-order valence-corrected chi connectivity index (χ4v) is 5.91. The van der Waals surface area contributed by atoms with Gasteiger partial charge in [-0.25, -0.2) is 14.8 Å². The minimum Gasteiger partial charge on any atom is -0.310 e. The second kappa shape index (κ2) is 13.2. The highest BCUT2D eigenvalue weighted by Gasteiger charge is 2.22. The van der Waals surface area contributed by atoms with E-state index in [0.29, 0.717) is 0 Å². The van der Waals surface area contributed by atoms with Crippen LogP contribution in [-0.4, -0.2) is 47.7 Å². The van der Waals surface area contributed by atoms with Crippen molar-refractivity contribution in [1.82, 2.24) is 34.6 Å². The number of allylic oxidation sites excluding steroid dienone is 2. The summed E-state index contributed by atoms with van der Waals surface area (Å²) in [6, 6.07) is 23.3. The van der Waals surface area contributed by atoms with Crippen LogP contribution < -0.4 is 5.69 Å². The number of aryl methyl sites for hydroxylation is 1. The molecule has 1 aliphatic heterocycles. The Kier molecular flexibility index (Phi) is 8.79. The molecule has 8 nitrogen and oxygen atoms in total. The first-order valence-electron chi connectivity index (χ1n) is 15.4. The third kappa shape index (κ3) is 6.40. The van der Waals surface area contributed by atoms with Crippen LogP contribution in [-0.2, 0) is 6.54 Å². The quantitative estimate of drug-likeness (QED) is 0.198. The average molecular weight is 586 g/mol. The van der Waals surface area contributed by atoms with Gasteiger partial charge in [0.15, 0.2) is 0 Å². The van der Waals surface area contributed by atoms with Crippen molar-refractivity contribution in [3.05, 3.63) is 113 Å². The summed E-state index contributed by atoms with van der Waals surface area (Å²) in [4.78, 5) is 27.7. The third-order valence-corrected chi connectivity index (χ3v) is 8.20. The Labute approximate surface area is 257 Å². The van der Waals surface area contributed by atoms with Crippen LogP contribution in [0.5, 0.6) is 0 Å². The van der Waals surface area contributed by atoms with Gasteiger partial charge in [-0.15, -0.1) is 0 Å². The molecular weight excluding hydrogens is 546 g/mol. The lowest BCUT2D eigenvalue weighted by Crippen LogP contribution is -2.36. The molecule has 224 valence electrons. The molecule has 0 spiro atoms. The van der Waals surface area contributed by atoms with E-state index in [1.165, 1.54) is 5.56 Å². The minimum absolute atomic E-state index is 0.00221. The van der Waals surface area contributed by atoms with E-state index in [1.807, 2.05) is 61.1 Å². The van der Waals surface area contributed by atoms with E-state index in [2.05, 4.69) is 75.6 Å². The zero-order chi connectivity index (χ0) is 30.5. The first kappa shape index (κ1) is 29.3. The molecule has 4 heterocycles. The predicted molar refractivity (Wildman–Crippen MR) is 179 cm³/mol. The summed E-state index contributed by atoms with van der Waals surface area (Å²) >= 11 is 0. The van der Waals surface area contributed by atoms with Crippen molar-refractivity contribution in [2.75, 3.05) is 13.1 Å². The maximum Gasteiger partial charge on any atom is 0.325 e. The highest BCUT2D eigenvalue weighted by Crippen LogP contribution is 2.32. The van der Waals surface area contributed by atoms with Gasteiger partial charge in [-0.05, 0) is 50.8 Å². The van der Waals surface area contributed by atoms with E-state index in [4.69, 9.17) is 9.97 Å². The van der Waals surface area contributed by atoms with E-state index < -0.39 is 0 Å². The summed E-state index contributed by atoms with van der Waals surface area (Å²) in [6.07, 6.45) is 11.1. The lowest BCUT2D eigenvalue weighted by atomic mass is 10.0. The van der Waals surface area contributed by atoms with Gasteiger partial charge >= 0.3 is 5.69 Å². The van der Waals surface area contributed by atoms with Crippen molar-refractivity contribution in [2.45, 2.75) is 52.6 Å². The van der Waals surface area contributed by atoms with E-state index in [0.717, 1.165) is 89.0 Å². The highest BCUT2D eigenvalue weighted by atomic mass is 16.1. The second-order valence-electron chi connectivity index (χ2n) is 11.4. The number of benzene rings is 3. The summed E-state index contributed by atoms with van der Waals surface area (Å²) in [5.74, 6) is 0. The SMILES string of the molecule is C/C=C\CC.Cc1cn(C2CCN(Cc3ccc(-c4nc5cc6cn[nH]c6cc5nc4-c4ccccc4)cc3)CC2)c(=O)[nH]1. The molecule has 6 aromatic rings. The fourth-order valence-electron chi connectivity index (χ4n) is 5.91. The van der Waals surface area contributed by atoms with Crippen molar-refractivity contribution >= 4 is 21.9 Å². The predicted octanol–water partition coefficient (Wildman–Crippen LogP) is 7.45. The number of imidazole rings is 1. The smallest absolute Gasteiger partial charge is 0.310 e. The lowest BCUT2D eigenvalue weighted by molar-refractivity contribution is 0.178. The van der Waals surface area contributed by atoms with E-state index >= 15 is 0 Å². The topological polar surface area (TPSA) is 95.5 Å². The number of fused-ring (bicyclic) bond motifs is 2. The normalized spacial score (nSPS) is 14.3. The highest BCUT2D eigenvalue weighted by molar-refractivity contribution is 5.95. The molecule has 1 saturated heterocycles. The molecule has 3 aromatic carbocycles. The van der Waals surface area contributed by atoms with E-state index in [1.54, 1.807) is 0 Å². The largest absolute Gasteiger partial charge is 0.325 e. The number of rotatable bonds is 6. The molecule has 7 rings (SSSR count). The molecule has 0 unspecified atom stereocenters. The maximum absolute atomic E-state index is 12.2. The van der Waals surface area contributed by atoms with Crippen LogP contribution in [0.4, 0.5) is 0 Å². The lowest BCUT2D eigenvalue weighted by Gasteiger charge is -2.32. The van der Waals surface area contributed by atoms with Gasteiger partial charge in [0.25, 0.3) is 0 Å². The van der Waals surface area contributed by atoms with Crippen LogP contribution in [0.1, 0.15) is 50.4 Å². The molecule has 1 aliphatic rings. The number of aromatic amines is 2. The Morgan fingerprint density at radius 3 is 2.23 bits per heavy atom. The van der Waals surface area contributed by atoms with Gasteiger partial charge in [-0.1, -0.05) is 73.7 Å². The van der Waals surface area contributed by atoms with Crippen molar-refractivity contribution in [2.24, 2.45) is 0 Å². The molecule has 44 heavy (non-hydrogen) atoms. The number of hydrogen-bond acceptors (Lipinski definition) is 5. The molecule has 0 aliphatic carbocycles. The van der Waals surface area contributed by atoms with Gasteiger partial charge in [0.2, 0.25) is 0 Å². The number of piperidine rings is 1. The van der Waals surface area contributed by atoms with Crippen LogP contribution in [0.25, 0.3) is 44.5 Å². The summed E-state index contributed by atoms with van der Waals surface area (Å²) in [7, 11) is 0. The van der Waals surface area contributed by atoms with Gasteiger partial charge < -0.3 is 4.98 Å². The van der Waals surface area contributed by atoms with Crippen molar-refractivity contribution in [3.63, 3.8) is 0 Å². The zero-order valence-corrected chi connectivity index (χ0v) is 25.6. The van der Waals surface area contributed by atoms with Crippen molar-refractivity contribution in [1.29, 1.82) is 0 Å². The van der Waals surface area contributed by atoms with Crippen LogP contribution in [0, 0.1) is 6.92 Å². The van der Waals surface area contributed by atoms with Gasteiger partial charge in [0.1, 0.15) is 0 Å². The van der Waals surface area contributed by atoms with Gasteiger partial charge in [-0.3, -0.25) is 14.6 Å². The molecular formula is C36H39N7O. The number of aromatic nitrogens is 6. The standard InChI is InChI=1S/C31H29N7O.C5H10/c1-20-18-38(31(39)33-20)25-11-13-37(14-12-25)19-21-7-9-23(10-8-21)30-29(22-5-3-2-4-6-22)35-28-16-26-24(17-32-36-26)15-27(28)34-30;1-3-5-4-2/h2-10,15-18,25H,11-14,19H2,1H3,(H,32,36)(H,33,39);3,5H,4H2,1-2H3/b;5-3-. The maximum atomic E-state index is 12.2. The number of hydrogen-bond donors (Lipinski definition) is 2. The summed E-state index contributed by atoms with van der Waals surface area (Å²) in [5, 5.41) is 8.22. The molecule has 3 aromatic heterocycles. The molecule has 0 atom stereocenters. The second-order valence-corrected chi connectivity index (χ2v) is 11.4. The number of nitrogens with one attached hydrogen (secondary N) is 2.